The van der Waals surface area contributed by atoms with E-state index in [9.17, 15) is 18.0 Å². The molecule has 1 heterocycles. The van der Waals surface area contributed by atoms with Gasteiger partial charge in [0, 0.05) is 13.1 Å². The van der Waals surface area contributed by atoms with Crippen molar-refractivity contribution < 1.29 is 18.0 Å². The molecule has 16 heavy (non-hydrogen) atoms. The first-order chi connectivity index (χ1) is 7.34. The molecule has 1 amide bonds. The quantitative estimate of drug-likeness (QED) is 0.851. The number of rotatable bonds is 2. The monoisotopic (exact) mass is 232 g/mol. The summed E-state index contributed by atoms with van der Waals surface area (Å²) in [5.74, 6) is -1.03. The Balaban J connectivity index is 3.22. The van der Waals surface area contributed by atoms with Crippen molar-refractivity contribution in [3.05, 3.63) is 23.4 Å². The highest BCUT2D eigenvalue weighted by atomic mass is 19.4. The summed E-state index contributed by atoms with van der Waals surface area (Å²) < 4.78 is 37.9. The SMILES string of the molecule is CCc1cnc(NC(C)=O)c(C(F)(F)F)c1. The van der Waals surface area contributed by atoms with Crippen LogP contribution in [0.5, 0.6) is 0 Å². The second-order valence-electron chi connectivity index (χ2n) is 3.27. The van der Waals surface area contributed by atoms with Crippen LogP contribution in [-0.4, -0.2) is 10.9 Å². The number of nitrogens with one attached hydrogen (secondary N) is 1. The molecule has 0 aromatic carbocycles. The van der Waals surface area contributed by atoms with E-state index in [1.165, 1.54) is 6.20 Å². The number of aryl methyl sites for hydroxylation is 1. The Morgan fingerprint density at radius 2 is 2.12 bits per heavy atom. The molecular formula is C10H11F3N2O. The predicted octanol–water partition coefficient (Wildman–Crippen LogP) is 2.62. The number of carbonyl (C=O) groups is 1. The highest BCUT2D eigenvalue weighted by Crippen LogP contribution is 2.34. The van der Waals surface area contributed by atoms with Gasteiger partial charge in [-0.3, -0.25) is 4.79 Å². The van der Waals surface area contributed by atoms with Gasteiger partial charge >= 0.3 is 6.18 Å². The number of hydrogen-bond donors (Lipinski definition) is 1. The molecule has 0 saturated carbocycles. The van der Waals surface area contributed by atoms with Crippen molar-refractivity contribution in [1.82, 2.24) is 4.98 Å². The van der Waals surface area contributed by atoms with Crippen LogP contribution in [0.2, 0.25) is 0 Å². The predicted molar refractivity (Wildman–Crippen MR) is 52.9 cm³/mol. The van der Waals surface area contributed by atoms with Crippen LogP contribution in [-0.2, 0) is 17.4 Å². The second kappa shape index (κ2) is 4.51. The van der Waals surface area contributed by atoms with Crippen LogP contribution >= 0.6 is 0 Å². The summed E-state index contributed by atoms with van der Waals surface area (Å²) in [5.41, 5.74) is -0.441. The second-order valence-corrected chi connectivity index (χ2v) is 3.27. The van der Waals surface area contributed by atoms with Gasteiger partial charge < -0.3 is 5.32 Å². The van der Waals surface area contributed by atoms with Crippen LogP contribution in [0.1, 0.15) is 25.0 Å². The number of hydrogen-bond acceptors (Lipinski definition) is 2. The van der Waals surface area contributed by atoms with Gasteiger partial charge in [-0.15, -0.1) is 0 Å². The Labute approximate surface area is 90.7 Å². The summed E-state index contributed by atoms with van der Waals surface area (Å²) in [5, 5.41) is 2.06. The van der Waals surface area contributed by atoms with E-state index in [0.717, 1.165) is 13.0 Å². The highest BCUT2D eigenvalue weighted by Gasteiger charge is 2.34. The number of aromatic nitrogens is 1. The average molecular weight is 232 g/mol. The minimum absolute atomic E-state index is 0.447. The summed E-state index contributed by atoms with van der Waals surface area (Å²) >= 11 is 0. The zero-order valence-electron chi connectivity index (χ0n) is 8.85. The lowest BCUT2D eigenvalue weighted by Crippen LogP contribution is -2.15. The lowest BCUT2D eigenvalue weighted by Gasteiger charge is -2.13. The molecule has 1 aromatic heterocycles. The fourth-order valence-electron chi connectivity index (χ4n) is 1.18. The van der Waals surface area contributed by atoms with E-state index >= 15 is 0 Å². The van der Waals surface area contributed by atoms with Crippen molar-refractivity contribution in [3.63, 3.8) is 0 Å². The molecule has 0 aliphatic carbocycles. The molecule has 0 aliphatic rings. The first-order valence-corrected chi connectivity index (χ1v) is 4.68. The molecule has 0 unspecified atom stereocenters. The minimum Gasteiger partial charge on any atom is -0.310 e. The summed E-state index contributed by atoms with van der Waals surface area (Å²) in [7, 11) is 0. The molecule has 1 aromatic rings. The topological polar surface area (TPSA) is 42.0 Å². The van der Waals surface area contributed by atoms with Gasteiger partial charge in [0.2, 0.25) is 5.91 Å². The third-order valence-corrected chi connectivity index (χ3v) is 1.95. The number of alkyl halides is 3. The van der Waals surface area contributed by atoms with E-state index in [1.807, 2.05) is 0 Å². The van der Waals surface area contributed by atoms with Crippen LogP contribution in [0, 0.1) is 0 Å². The van der Waals surface area contributed by atoms with Crippen molar-refractivity contribution in [3.8, 4) is 0 Å². The van der Waals surface area contributed by atoms with Crippen LogP contribution in [0.15, 0.2) is 12.3 Å². The number of carbonyl (C=O) groups excluding carboxylic acids is 1. The van der Waals surface area contributed by atoms with Gasteiger partial charge in [0.1, 0.15) is 5.82 Å². The van der Waals surface area contributed by atoms with E-state index in [1.54, 1.807) is 6.92 Å². The fraction of sp³-hybridized carbons (Fsp3) is 0.400. The average Bonchev–Trinajstić information content (AvgIpc) is 2.15. The molecule has 88 valence electrons. The Bertz CT molecular complexity index is 402. The maximum absolute atomic E-state index is 12.6. The van der Waals surface area contributed by atoms with Crippen molar-refractivity contribution in [1.29, 1.82) is 0 Å². The zero-order chi connectivity index (χ0) is 12.3. The molecule has 1 rings (SSSR count). The van der Waals surface area contributed by atoms with Crippen LogP contribution in [0.3, 0.4) is 0 Å². The van der Waals surface area contributed by atoms with E-state index in [4.69, 9.17) is 0 Å². The van der Waals surface area contributed by atoms with Crippen LogP contribution < -0.4 is 5.32 Å². The van der Waals surface area contributed by atoms with E-state index in [-0.39, 0.29) is 0 Å². The summed E-state index contributed by atoms with van der Waals surface area (Å²) in [6.07, 6.45) is -2.74. The zero-order valence-corrected chi connectivity index (χ0v) is 8.85. The van der Waals surface area contributed by atoms with Crippen molar-refractivity contribution >= 4 is 11.7 Å². The fourth-order valence-corrected chi connectivity index (χ4v) is 1.18. The molecule has 0 aliphatic heterocycles. The molecule has 0 fully saturated rings. The standard InChI is InChI=1S/C10H11F3N2O/c1-3-7-4-8(10(11,12)13)9(14-5-7)15-6(2)16/h4-5H,3H2,1-2H3,(H,14,15,16). The van der Waals surface area contributed by atoms with Gasteiger partial charge in [-0.2, -0.15) is 13.2 Å². The molecule has 0 saturated heterocycles. The normalized spacial score (nSPS) is 11.3. The van der Waals surface area contributed by atoms with Gasteiger partial charge in [-0.05, 0) is 18.1 Å². The summed E-state index contributed by atoms with van der Waals surface area (Å²) in [6, 6.07) is 0.998. The Kier molecular flexibility index (Phi) is 3.51. The van der Waals surface area contributed by atoms with Crippen molar-refractivity contribution in [2.24, 2.45) is 0 Å². The summed E-state index contributed by atoms with van der Waals surface area (Å²) in [4.78, 5) is 14.3. The molecule has 0 atom stereocenters. The summed E-state index contributed by atoms with van der Waals surface area (Å²) in [6.45, 7) is 2.87. The third kappa shape index (κ3) is 2.95. The van der Waals surface area contributed by atoms with Crippen molar-refractivity contribution in [2.45, 2.75) is 26.4 Å². The Morgan fingerprint density at radius 1 is 1.50 bits per heavy atom. The highest BCUT2D eigenvalue weighted by molar-refractivity contribution is 5.88. The van der Waals surface area contributed by atoms with E-state index in [0.29, 0.717) is 12.0 Å². The van der Waals surface area contributed by atoms with Gasteiger partial charge in [-0.25, -0.2) is 4.98 Å². The lowest BCUT2D eigenvalue weighted by molar-refractivity contribution is -0.137. The molecule has 0 spiro atoms. The van der Waals surface area contributed by atoms with Crippen LogP contribution in [0.4, 0.5) is 19.0 Å². The van der Waals surface area contributed by atoms with Gasteiger partial charge in [0.05, 0.1) is 5.56 Å². The Morgan fingerprint density at radius 3 is 2.56 bits per heavy atom. The molecule has 3 nitrogen and oxygen atoms in total. The Hall–Kier alpha value is -1.59. The van der Waals surface area contributed by atoms with Gasteiger partial charge in [0.25, 0.3) is 0 Å². The molecule has 6 heteroatoms. The maximum atomic E-state index is 12.6. The molecule has 1 N–H and O–H groups in total. The van der Waals surface area contributed by atoms with Crippen LogP contribution in [0.25, 0.3) is 0 Å². The molecule has 0 bridgehead atoms. The molecule has 0 radical (unpaired) electrons. The first kappa shape index (κ1) is 12.5. The first-order valence-electron chi connectivity index (χ1n) is 4.68. The lowest BCUT2D eigenvalue weighted by atomic mass is 10.1. The van der Waals surface area contributed by atoms with Crippen molar-refractivity contribution in [2.75, 3.05) is 5.32 Å². The maximum Gasteiger partial charge on any atom is 0.419 e. The van der Waals surface area contributed by atoms with E-state index in [2.05, 4.69) is 10.3 Å². The van der Waals surface area contributed by atoms with E-state index < -0.39 is 23.5 Å². The molecular weight excluding hydrogens is 221 g/mol. The number of pyridine rings is 1. The van der Waals surface area contributed by atoms with Gasteiger partial charge in [0.15, 0.2) is 0 Å². The number of anilines is 1. The number of nitrogens with zero attached hydrogens (tertiary/aromatic N) is 1. The van der Waals surface area contributed by atoms with Gasteiger partial charge in [-0.1, -0.05) is 6.92 Å². The number of amides is 1. The number of halogens is 3. The smallest absolute Gasteiger partial charge is 0.310 e. The largest absolute Gasteiger partial charge is 0.419 e. The third-order valence-electron chi connectivity index (χ3n) is 1.95. The minimum atomic E-state index is -4.52.